The predicted molar refractivity (Wildman–Crippen MR) is 56.1 cm³/mol. The van der Waals surface area contributed by atoms with Gasteiger partial charge in [-0.15, -0.1) is 6.58 Å². The molecule has 1 saturated carbocycles. The van der Waals surface area contributed by atoms with Crippen LogP contribution in [0.15, 0.2) is 12.7 Å². The second kappa shape index (κ2) is 4.03. The lowest BCUT2D eigenvalue weighted by atomic mass is 10.2. The van der Waals surface area contributed by atoms with E-state index in [4.69, 9.17) is 4.74 Å². The van der Waals surface area contributed by atoms with E-state index in [2.05, 4.69) is 11.9 Å². The van der Waals surface area contributed by atoms with Crippen molar-refractivity contribution < 1.29 is 9.53 Å². The van der Waals surface area contributed by atoms with Crippen molar-refractivity contribution in [2.45, 2.75) is 45.3 Å². The Balaban J connectivity index is 2.34. The van der Waals surface area contributed by atoms with Gasteiger partial charge in [-0.3, -0.25) is 0 Å². The van der Waals surface area contributed by atoms with E-state index in [-0.39, 0.29) is 12.1 Å². The minimum Gasteiger partial charge on any atom is -0.444 e. The van der Waals surface area contributed by atoms with Gasteiger partial charge in [0.15, 0.2) is 0 Å². The Morgan fingerprint density at radius 1 is 1.57 bits per heavy atom. The molecule has 0 heterocycles. The van der Waals surface area contributed by atoms with Gasteiger partial charge in [0.25, 0.3) is 0 Å². The van der Waals surface area contributed by atoms with Gasteiger partial charge >= 0.3 is 6.09 Å². The minimum absolute atomic E-state index is 0.0739. The maximum atomic E-state index is 11.4. The highest BCUT2D eigenvalue weighted by atomic mass is 16.6. The Morgan fingerprint density at radius 3 is 2.50 bits per heavy atom. The Labute approximate surface area is 85.5 Å². The van der Waals surface area contributed by atoms with Crippen LogP contribution in [0.25, 0.3) is 0 Å². The lowest BCUT2D eigenvalue weighted by Crippen LogP contribution is -2.39. The number of carbonyl (C=O) groups excluding carboxylic acids is 1. The van der Waals surface area contributed by atoms with E-state index < -0.39 is 5.60 Å². The summed E-state index contributed by atoms with van der Waals surface area (Å²) in [5.74, 6) is 0.569. The molecule has 0 saturated heterocycles. The molecule has 0 radical (unpaired) electrons. The molecule has 80 valence electrons. The van der Waals surface area contributed by atoms with Gasteiger partial charge in [0.1, 0.15) is 5.60 Å². The number of hydrogen-bond donors (Lipinski definition) is 1. The summed E-state index contributed by atoms with van der Waals surface area (Å²) in [4.78, 5) is 11.4. The van der Waals surface area contributed by atoms with Crippen molar-refractivity contribution in [2.75, 3.05) is 0 Å². The van der Waals surface area contributed by atoms with Crippen LogP contribution in [0.1, 0.15) is 33.6 Å². The van der Waals surface area contributed by atoms with Crippen LogP contribution in [0.2, 0.25) is 0 Å². The molecule has 3 heteroatoms. The van der Waals surface area contributed by atoms with Gasteiger partial charge in [-0.25, -0.2) is 4.79 Å². The van der Waals surface area contributed by atoms with Crippen molar-refractivity contribution in [1.82, 2.24) is 5.32 Å². The largest absolute Gasteiger partial charge is 0.444 e. The maximum Gasteiger partial charge on any atom is 0.408 e. The Kier molecular flexibility index (Phi) is 3.19. The molecule has 1 unspecified atom stereocenters. The zero-order valence-electron chi connectivity index (χ0n) is 9.17. The number of rotatable bonds is 3. The summed E-state index contributed by atoms with van der Waals surface area (Å²) in [5.41, 5.74) is -0.431. The van der Waals surface area contributed by atoms with Crippen molar-refractivity contribution in [3.05, 3.63) is 12.7 Å². The zero-order chi connectivity index (χ0) is 10.8. The fourth-order valence-electron chi connectivity index (χ4n) is 1.27. The molecule has 0 aromatic carbocycles. The number of hydrogen-bond acceptors (Lipinski definition) is 2. The molecule has 1 aliphatic carbocycles. The Morgan fingerprint density at radius 2 is 2.14 bits per heavy atom. The van der Waals surface area contributed by atoms with E-state index in [1.54, 1.807) is 6.08 Å². The van der Waals surface area contributed by atoms with Gasteiger partial charge < -0.3 is 10.1 Å². The molecule has 1 N–H and O–H groups in total. The Bertz CT molecular complexity index is 226. The van der Waals surface area contributed by atoms with E-state index in [1.165, 1.54) is 12.8 Å². The summed E-state index contributed by atoms with van der Waals surface area (Å²) in [5, 5.41) is 2.81. The van der Waals surface area contributed by atoms with E-state index in [9.17, 15) is 4.79 Å². The summed E-state index contributed by atoms with van der Waals surface area (Å²) in [7, 11) is 0. The molecule has 1 fully saturated rings. The SMILES string of the molecule is C=CC(NC(=O)OC(C)(C)C)C1CC1. The average Bonchev–Trinajstić information content (AvgIpc) is 2.78. The third kappa shape index (κ3) is 3.81. The summed E-state index contributed by atoms with van der Waals surface area (Å²) < 4.78 is 5.15. The summed E-state index contributed by atoms with van der Waals surface area (Å²) >= 11 is 0. The van der Waals surface area contributed by atoms with Crippen LogP contribution in [-0.4, -0.2) is 17.7 Å². The standard InChI is InChI=1S/C11H19NO2/c1-5-9(8-6-7-8)12-10(13)14-11(2,3)4/h5,8-9H,1,6-7H2,2-4H3,(H,12,13). The van der Waals surface area contributed by atoms with E-state index >= 15 is 0 Å². The third-order valence-corrected chi connectivity index (χ3v) is 2.07. The second-order valence-electron chi connectivity index (χ2n) is 4.75. The summed E-state index contributed by atoms with van der Waals surface area (Å²) in [6.07, 6.45) is 3.77. The molecule has 0 bridgehead atoms. The first-order chi connectivity index (χ1) is 6.42. The van der Waals surface area contributed by atoms with Gasteiger partial charge in [0, 0.05) is 0 Å². The minimum atomic E-state index is -0.431. The lowest BCUT2D eigenvalue weighted by molar-refractivity contribution is 0.0509. The van der Waals surface area contributed by atoms with Gasteiger partial charge in [0.2, 0.25) is 0 Å². The summed E-state index contributed by atoms with van der Waals surface area (Å²) in [6, 6.07) is 0.0739. The molecule has 0 spiro atoms. The van der Waals surface area contributed by atoms with Crippen molar-refractivity contribution in [1.29, 1.82) is 0 Å². The monoisotopic (exact) mass is 197 g/mol. The molecule has 1 aliphatic rings. The molecular formula is C11H19NO2. The van der Waals surface area contributed by atoms with E-state index in [0.717, 1.165) is 0 Å². The van der Waals surface area contributed by atoms with E-state index in [0.29, 0.717) is 5.92 Å². The average molecular weight is 197 g/mol. The number of nitrogens with one attached hydrogen (secondary N) is 1. The van der Waals surface area contributed by atoms with Gasteiger partial charge in [-0.1, -0.05) is 6.08 Å². The smallest absolute Gasteiger partial charge is 0.408 e. The Hall–Kier alpha value is -0.990. The van der Waals surface area contributed by atoms with Crippen molar-refractivity contribution in [2.24, 2.45) is 5.92 Å². The van der Waals surface area contributed by atoms with Gasteiger partial charge in [-0.2, -0.15) is 0 Å². The van der Waals surface area contributed by atoms with E-state index in [1.807, 2.05) is 20.8 Å². The van der Waals surface area contributed by atoms with Gasteiger partial charge in [0.05, 0.1) is 6.04 Å². The molecule has 0 aromatic rings. The van der Waals surface area contributed by atoms with Crippen LogP contribution in [-0.2, 0) is 4.74 Å². The second-order valence-corrected chi connectivity index (χ2v) is 4.75. The van der Waals surface area contributed by atoms with Crippen LogP contribution >= 0.6 is 0 Å². The lowest BCUT2D eigenvalue weighted by Gasteiger charge is -2.22. The molecule has 1 amide bonds. The fourth-order valence-corrected chi connectivity index (χ4v) is 1.27. The highest BCUT2D eigenvalue weighted by molar-refractivity contribution is 5.68. The number of ether oxygens (including phenoxy) is 1. The third-order valence-electron chi connectivity index (χ3n) is 2.07. The van der Waals surface area contributed by atoms with Crippen molar-refractivity contribution >= 4 is 6.09 Å². The van der Waals surface area contributed by atoms with Crippen LogP contribution in [0.4, 0.5) is 4.79 Å². The summed E-state index contributed by atoms with van der Waals surface area (Å²) in [6.45, 7) is 9.26. The zero-order valence-corrected chi connectivity index (χ0v) is 9.17. The molecule has 0 aromatic heterocycles. The molecular weight excluding hydrogens is 178 g/mol. The van der Waals surface area contributed by atoms with Crippen LogP contribution in [0.3, 0.4) is 0 Å². The topological polar surface area (TPSA) is 38.3 Å². The molecule has 3 nitrogen and oxygen atoms in total. The molecule has 1 atom stereocenters. The maximum absolute atomic E-state index is 11.4. The first-order valence-corrected chi connectivity index (χ1v) is 5.04. The van der Waals surface area contributed by atoms with Crippen LogP contribution < -0.4 is 5.32 Å². The first-order valence-electron chi connectivity index (χ1n) is 5.04. The highest BCUT2D eigenvalue weighted by Crippen LogP contribution is 2.33. The molecule has 1 rings (SSSR count). The quantitative estimate of drug-likeness (QED) is 0.706. The number of alkyl carbamates (subject to hydrolysis) is 1. The molecule has 0 aliphatic heterocycles. The van der Waals surface area contributed by atoms with Gasteiger partial charge in [-0.05, 0) is 39.5 Å². The normalized spacial score (nSPS) is 18.5. The molecule has 14 heavy (non-hydrogen) atoms. The number of amides is 1. The fraction of sp³-hybridized carbons (Fsp3) is 0.727. The first kappa shape index (κ1) is 11.1. The number of carbonyl (C=O) groups is 1. The van der Waals surface area contributed by atoms with Crippen molar-refractivity contribution in [3.8, 4) is 0 Å². The predicted octanol–water partition coefficient (Wildman–Crippen LogP) is 2.48. The highest BCUT2D eigenvalue weighted by Gasteiger charge is 2.31. The van der Waals surface area contributed by atoms with Crippen LogP contribution in [0.5, 0.6) is 0 Å². The van der Waals surface area contributed by atoms with Crippen LogP contribution in [0, 0.1) is 5.92 Å². The van der Waals surface area contributed by atoms with Crippen molar-refractivity contribution in [3.63, 3.8) is 0 Å².